The lowest BCUT2D eigenvalue weighted by Crippen LogP contribution is -2.44. The summed E-state index contributed by atoms with van der Waals surface area (Å²) in [6, 6.07) is 0. The molecule has 8 nitrogen and oxygen atoms in total. The molecule has 9 heteroatoms. The Kier molecular flexibility index (Phi) is 4.59. The third-order valence-electron chi connectivity index (χ3n) is 5.04. The standard InChI is InChI=1S/C15H25N5O3S/c21-24(22,19-7-1-2-8-19)20-9-3-6-18(10-11-20)12-14-16-15(23-17-14)13-4-5-13/h13H,1-12H2. The Morgan fingerprint density at radius 3 is 2.42 bits per heavy atom. The monoisotopic (exact) mass is 355 g/mol. The van der Waals surface area contributed by atoms with Crippen LogP contribution in [0, 0.1) is 0 Å². The molecule has 3 heterocycles. The third kappa shape index (κ3) is 3.49. The first kappa shape index (κ1) is 16.4. The van der Waals surface area contributed by atoms with Crippen LogP contribution in [0.2, 0.25) is 0 Å². The van der Waals surface area contributed by atoms with Crippen LogP contribution in [0.1, 0.15) is 49.7 Å². The topological polar surface area (TPSA) is 82.8 Å². The highest BCUT2D eigenvalue weighted by atomic mass is 32.2. The number of rotatable bonds is 5. The lowest BCUT2D eigenvalue weighted by atomic mass is 10.4. The van der Waals surface area contributed by atoms with Crippen LogP contribution in [0.5, 0.6) is 0 Å². The highest BCUT2D eigenvalue weighted by Crippen LogP contribution is 2.38. The van der Waals surface area contributed by atoms with E-state index in [0.717, 1.165) is 44.5 Å². The van der Waals surface area contributed by atoms with E-state index in [2.05, 4.69) is 15.0 Å². The van der Waals surface area contributed by atoms with Gasteiger partial charge in [0, 0.05) is 38.6 Å². The molecular weight excluding hydrogens is 330 g/mol. The van der Waals surface area contributed by atoms with Gasteiger partial charge in [-0.3, -0.25) is 4.90 Å². The van der Waals surface area contributed by atoms with Gasteiger partial charge in [0.15, 0.2) is 5.82 Å². The number of nitrogens with zero attached hydrogens (tertiary/aromatic N) is 5. The maximum atomic E-state index is 12.7. The van der Waals surface area contributed by atoms with Crippen molar-refractivity contribution in [1.82, 2.24) is 23.7 Å². The quantitative estimate of drug-likeness (QED) is 0.777. The minimum absolute atomic E-state index is 0.469. The van der Waals surface area contributed by atoms with Gasteiger partial charge in [-0.2, -0.15) is 22.0 Å². The fraction of sp³-hybridized carbons (Fsp3) is 0.867. The molecule has 2 aliphatic heterocycles. The zero-order chi connectivity index (χ0) is 16.6. The van der Waals surface area contributed by atoms with Crippen LogP contribution in [-0.2, 0) is 16.8 Å². The van der Waals surface area contributed by atoms with Crippen molar-refractivity contribution in [3.63, 3.8) is 0 Å². The highest BCUT2D eigenvalue weighted by Gasteiger charge is 2.33. The molecule has 2 saturated heterocycles. The maximum absolute atomic E-state index is 12.7. The maximum Gasteiger partial charge on any atom is 0.282 e. The molecule has 24 heavy (non-hydrogen) atoms. The molecule has 3 fully saturated rings. The smallest absolute Gasteiger partial charge is 0.282 e. The Hall–Kier alpha value is -1.03. The van der Waals surface area contributed by atoms with E-state index in [1.54, 1.807) is 8.61 Å². The zero-order valence-electron chi connectivity index (χ0n) is 13.9. The van der Waals surface area contributed by atoms with E-state index < -0.39 is 10.2 Å². The van der Waals surface area contributed by atoms with Gasteiger partial charge in [0.1, 0.15) is 0 Å². The van der Waals surface area contributed by atoms with E-state index in [0.29, 0.717) is 51.0 Å². The minimum atomic E-state index is -3.29. The molecule has 1 saturated carbocycles. The largest absolute Gasteiger partial charge is 0.339 e. The van der Waals surface area contributed by atoms with Gasteiger partial charge in [0.05, 0.1) is 6.54 Å². The summed E-state index contributed by atoms with van der Waals surface area (Å²) in [5.41, 5.74) is 0. The summed E-state index contributed by atoms with van der Waals surface area (Å²) in [6.45, 7) is 4.65. The van der Waals surface area contributed by atoms with Crippen LogP contribution in [0.3, 0.4) is 0 Å². The van der Waals surface area contributed by atoms with Crippen molar-refractivity contribution in [3.05, 3.63) is 11.7 Å². The molecule has 0 radical (unpaired) electrons. The van der Waals surface area contributed by atoms with Crippen LogP contribution in [-0.4, -0.2) is 71.3 Å². The second-order valence-corrected chi connectivity index (χ2v) is 8.89. The molecule has 1 aliphatic carbocycles. The second kappa shape index (κ2) is 6.70. The molecule has 3 aliphatic rings. The van der Waals surface area contributed by atoms with E-state index in [9.17, 15) is 8.42 Å². The van der Waals surface area contributed by atoms with Crippen molar-refractivity contribution in [2.24, 2.45) is 0 Å². The summed E-state index contributed by atoms with van der Waals surface area (Å²) in [4.78, 5) is 6.69. The Morgan fingerprint density at radius 1 is 0.958 bits per heavy atom. The molecule has 0 N–H and O–H groups in total. The Bertz CT molecular complexity index is 666. The van der Waals surface area contributed by atoms with Crippen LogP contribution in [0.25, 0.3) is 0 Å². The molecule has 134 valence electrons. The first-order valence-electron chi connectivity index (χ1n) is 8.93. The lowest BCUT2D eigenvalue weighted by molar-refractivity contribution is 0.264. The third-order valence-corrected chi connectivity index (χ3v) is 7.08. The average Bonchev–Trinajstić information content (AvgIpc) is 3.13. The van der Waals surface area contributed by atoms with Gasteiger partial charge in [-0.25, -0.2) is 0 Å². The fourth-order valence-electron chi connectivity index (χ4n) is 3.45. The number of hydrogen-bond donors (Lipinski definition) is 0. The van der Waals surface area contributed by atoms with Crippen molar-refractivity contribution in [3.8, 4) is 0 Å². The molecule has 0 atom stereocenters. The summed E-state index contributed by atoms with van der Waals surface area (Å²) in [6.07, 6.45) is 5.07. The van der Waals surface area contributed by atoms with Gasteiger partial charge < -0.3 is 4.52 Å². The second-order valence-electron chi connectivity index (χ2n) is 6.97. The normalized spacial score (nSPS) is 25.2. The molecule has 0 bridgehead atoms. The summed E-state index contributed by atoms with van der Waals surface area (Å²) < 4.78 is 33.9. The van der Waals surface area contributed by atoms with Crippen LogP contribution in [0.15, 0.2) is 4.52 Å². The first-order chi connectivity index (χ1) is 11.6. The Labute approximate surface area is 143 Å². The Morgan fingerprint density at radius 2 is 1.67 bits per heavy atom. The number of hydrogen-bond acceptors (Lipinski definition) is 6. The van der Waals surface area contributed by atoms with E-state index in [-0.39, 0.29) is 0 Å². The van der Waals surface area contributed by atoms with Crippen molar-refractivity contribution in [2.45, 2.75) is 44.6 Å². The molecular formula is C15H25N5O3S. The van der Waals surface area contributed by atoms with E-state index in [1.807, 2.05) is 0 Å². The molecule has 4 rings (SSSR count). The van der Waals surface area contributed by atoms with E-state index in [1.165, 1.54) is 0 Å². The highest BCUT2D eigenvalue weighted by molar-refractivity contribution is 7.86. The van der Waals surface area contributed by atoms with E-state index >= 15 is 0 Å². The van der Waals surface area contributed by atoms with Crippen LogP contribution in [0.4, 0.5) is 0 Å². The molecule has 0 amide bonds. The van der Waals surface area contributed by atoms with Crippen molar-refractivity contribution in [2.75, 3.05) is 39.3 Å². The summed E-state index contributed by atoms with van der Waals surface area (Å²) in [7, 11) is -3.29. The van der Waals surface area contributed by atoms with Crippen LogP contribution >= 0.6 is 0 Å². The van der Waals surface area contributed by atoms with Gasteiger partial charge in [0.25, 0.3) is 10.2 Å². The van der Waals surface area contributed by atoms with Crippen LogP contribution < -0.4 is 0 Å². The number of aromatic nitrogens is 2. The molecule has 1 aromatic heterocycles. The van der Waals surface area contributed by atoms with Gasteiger partial charge in [-0.05, 0) is 38.6 Å². The van der Waals surface area contributed by atoms with E-state index in [4.69, 9.17) is 4.52 Å². The van der Waals surface area contributed by atoms with Gasteiger partial charge in [-0.15, -0.1) is 0 Å². The van der Waals surface area contributed by atoms with Gasteiger partial charge >= 0.3 is 0 Å². The Balaban J connectivity index is 1.35. The fourth-order valence-corrected chi connectivity index (χ4v) is 5.16. The van der Waals surface area contributed by atoms with Gasteiger partial charge in [-0.1, -0.05) is 5.16 Å². The minimum Gasteiger partial charge on any atom is -0.339 e. The summed E-state index contributed by atoms with van der Waals surface area (Å²) in [5, 5.41) is 4.07. The van der Waals surface area contributed by atoms with Crippen molar-refractivity contribution >= 4 is 10.2 Å². The lowest BCUT2D eigenvalue weighted by Gasteiger charge is -2.26. The van der Waals surface area contributed by atoms with Crippen molar-refractivity contribution < 1.29 is 12.9 Å². The SMILES string of the molecule is O=S(=O)(N1CCCC1)N1CCCN(Cc2noc(C3CC3)n2)CC1. The summed E-state index contributed by atoms with van der Waals surface area (Å²) >= 11 is 0. The summed E-state index contributed by atoms with van der Waals surface area (Å²) in [5.74, 6) is 1.95. The first-order valence-corrected chi connectivity index (χ1v) is 10.3. The van der Waals surface area contributed by atoms with Crippen molar-refractivity contribution in [1.29, 1.82) is 0 Å². The molecule has 0 unspecified atom stereocenters. The molecule has 1 aromatic rings. The molecule has 0 spiro atoms. The average molecular weight is 355 g/mol. The molecule has 0 aromatic carbocycles. The predicted octanol–water partition coefficient (Wildman–Crippen LogP) is 0.795. The van der Waals surface area contributed by atoms with Gasteiger partial charge in [0.2, 0.25) is 5.89 Å². The predicted molar refractivity (Wildman–Crippen MR) is 87.5 cm³/mol. The zero-order valence-corrected chi connectivity index (χ0v) is 14.7.